The molecule has 0 aromatic carbocycles. The summed E-state index contributed by atoms with van der Waals surface area (Å²) in [4.78, 5) is 0. The van der Waals surface area contributed by atoms with E-state index in [1.165, 1.54) is 19.3 Å². The molecule has 2 unspecified atom stereocenters. The third-order valence-corrected chi connectivity index (χ3v) is 2.43. The summed E-state index contributed by atoms with van der Waals surface area (Å²) in [6, 6.07) is 0. The van der Waals surface area contributed by atoms with Gasteiger partial charge in [0.15, 0.2) is 0 Å². The van der Waals surface area contributed by atoms with Crippen LogP contribution in [0.25, 0.3) is 0 Å². The van der Waals surface area contributed by atoms with Gasteiger partial charge in [0.25, 0.3) is 0 Å². The molecule has 0 saturated heterocycles. The Morgan fingerprint density at radius 3 is 2.33 bits per heavy atom. The van der Waals surface area contributed by atoms with E-state index in [-0.39, 0.29) is 12.5 Å². The normalized spacial score (nSPS) is 16.3. The monoisotopic (exact) mass is 209 g/mol. The average Bonchev–Trinajstić information content (AvgIpc) is 2.25. The highest BCUT2D eigenvalue weighted by atomic mass is 16.3. The molecule has 0 aromatic heterocycles. The van der Waals surface area contributed by atoms with E-state index in [1.807, 2.05) is 13.0 Å². The summed E-state index contributed by atoms with van der Waals surface area (Å²) < 4.78 is 0. The van der Waals surface area contributed by atoms with Crippen molar-refractivity contribution in [1.29, 1.82) is 0 Å². The van der Waals surface area contributed by atoms with Gasteiger partial charge >= 0.3 is 0 Å². The second kappa shape index (κ2) is 9.97. The van der Waals surface area contributed by atoms with Crippen molar-refractivity contribution in [3.63, 3.8) is 0 Å². The molecule has 0 amide bonds. The minimum atomic E-state index is -0.00441. The first-order valence-electron chi connectivity index (χ1n) is 6.12. The highest BCUT2D eigenvalue weighted by Gasteiger charge is 1.96. The number of unbranched alkanes of at least 4 members (excludes halogenated alkanes) is 2. The Labute approximate surface area is 94.9 Å². The van der Waals surface area contributed by atoms with Gasteiger partial charge in [-0.3, -0.25) is 0 Å². The smallest absolute Gasteiger partial charge is 0.0882 e. The lowest BCUT2D eigenvalue weighted by molar-refractivity contribution is 0.168. The van der Waals surface area contributed by atoms with Gasteiger partial charge < -0.3 is 0 Å². The van der Waals surface area contributed by atoms with E-state index >= 15 is 0 Å². The zero-order chi connectivity index (χ0) is 11.5. The van der Waals surface area contributed by atoms with E-state index in [1.54, 1.807) is 0 Å². The van der Waals surface area contributed by atoms with Crippen molar-refractivity contribution in [2.75, 3.05) is 6.61 Å². The van der Waals surface area contributed by atoms with Crippen LogP contribution in [0.2, 0.25) is 0 Å². The minimum Gasteiger partial charge on any atom is -0.236 e. The maximum Gasteiger partial charge on any atom is 0.0882 e. The van der Waals surface area contributed by atoms with Gasteiger partial charge in [0.1, 0.15) is 0 Å². The van der Waals surface area contributed by atoms with Crippen LogP contribution in [0.15, 0.2) is 24.3 Å². The second-order valence-electron chi connectivity index (χ2n) is 4.36. The molecule has 1 nitrogen and oxygen atoms in total. The van der Waals surface area contributed by atoms with Gasteiger partial charge in [0.2, 0.25) is 0 Å². The first kappa shape index (κ1) is 14.4. The molecular weight excluding hydrogens is 184 g/mol. The largest absolute Gasteiger partial charge is 0.236 e. The molecule has 0 aliphatic carbocycles. The first-order chi connectivity index (χ1) is 7.20. The highest BCUT2D eigenvalue weighted by molar-refractivity contribution is 4.94. The van der Waals surface area contributed by atoms with Crippen LogP contribution in [0.5, 0.6) is 0 Å². The van der Waals surface area contributed by atoms with E-state index in [4.69, 9.17) is 0 Å². The van der Waals surface area contributed by atoms with Gasteiger partial charge in [-0.1, -0.05) is 57.9 Å². The van der Waals surface area contributed by atoms with Crippen molar-refractivity contribution in [2.45, 2.75) is 46.5 Å². The van der Waals surface area contributed by atoms with Crippen LogP contribution < -0.4 is 0 Å². The fraction of sp³-hybridized carbons (Fsp3) is 0.714. The van der Waals surface area contributed by atoms with Crippen LogP contribution in [0, 0.1) is 11.8 Å². The third-order valence-electron chi connectivity index (χ3n) is 2.43. The SMILES string of the molecule is CCCCC=CCC(C)C=CC(C)C[O]. The van der Waals surface area contributed by atoms with Crippen LogP contribution >= 0.6 is 0 Å². The Hall–Kier alpha value is -0.560. The van der Waals surface area contributed by atoms with Gasteiger partial charge in [0.05, 0.1) is 6.61 Å². The zero-order valence-electron chi connectivity index (χ0n) is 10.4. The van der Waals surface area contributed by atoms with Gasteiger partial charge in [-0.2, -0.15) is 0 Å². The van der Waals surface area contributed by atoms with Crippen molar-refractivity contribution in [1.82, 2.24) is 0 Å². The Morgan fingerprint density at radius 2 is 1.73 bits per heavy atom. The van der Waals surface area contributed by atoms with Crippen LogP contribution in [0.3, 0.4) is 0 Å². The van der Waals surface area contributed by atoms with E-state index in [0.717, 1.165) is 6.42 Å². The highest BCUT2D eigenvalue weighted by Crippen LogP contribution is 2.08. The Bertz CT molecular complexity index is 182. The Morgan fingerprint density at radius 1 is 1.07 bits per heavy atom. The molecular formula is C14H25O. The molecule has 0 fully saturated rings. The molecule has 15 heavy (non-hydrogen) atoms. The summed E-state index contributed by atoms with van der Waals surface area (Å²) in [6.45, 7) is 6.37. The summed E-state index contributed by atoms with van der Waals surface area (Å²) in [5.74, 6) is 0.730. The van der Waals surface area contributed by atoms with Crippen LogP contribution in [0.4, 0.5) is 0 Å². The lowest BCUT2D eigenvalue weighted by Crippen LogP contribution is -1.95. The van der Waals surface area contributed by atoms with E-state index in [0.29, 0.717) is 5.92 Å². The topological polar surface area (TPSA) is 19.9 Å². The maximum atomic E-state index is 10.5. The average molecular weight is 209 g/mol. The zero-order valence-corrected chi connectivity index (χ0v) is 10.4. The molecule has 0 aliphatic rings. The van der Waals surface area contributed by atoms with Crippen molar-refractivity contribution < 1.29 is 5.11 Å². The standard InChI is InChI=1S/C14H25O/c1-4-5-6-7-8-9-13(2)10-11-14(3)12-15/h7-8,10-11,13-14H,4-6,9,12H2,1-3H3. The molecule has 0 rings (SSSR count). The fourth-order valence-corrected chi connectivity index (χ4v) is 1.26. The predicted octanol–water partition coefficient (Wildman–Crippen LogP) is 4.38. The molecule has 0 N–H and O–H groups in total. The number of hydrogen-bond acceptors (Lipinski definition) is 0. The number of allylic oxidation sites excluding steroid dienone is 3. The van der Waals surface area contributed by atoms with Gasteiger partial charge in [-0.05, 0) is 18.8 Å². The van der Waals surface area contributed by atoms with Gasteiger partial charge in [-0.25, -0.2) is 5.11 Å². The first-order valence-corrected chi connectivity index (χ1v) is 6.12. The molecule has 0 saturated carbocycles. The minimum absolute atomic E-state index is 0.00441. The molecule has 0 spiro atoms. The summed E-state index contributed by atoms with van der Waals surface area (Å²) in [5, 5.41) is 10.5. The van der Waals surface area contributed by atoms with Gasteiger partial charge in [0, 0.05) is 5.92 Å². The molecule has 2 atom stereocenters. The van der Waals surface area contributed by atoms with Crippen molar-refractivity contribution in [2.24, 2.45) is 11.8 Å². The van der Waals surface area contributed by atoms with E-state index in [2.05, 4.69) is 32.1 Å². The maximum absolute atomic E-state index is 10.5. The third kappa shape index (κ3) is 9.74. The lowest BCUT2D eigenvalue weighted by atomic mass is 10.0. The van der Waals surface area contributed by atoms with E-state index < -0.39 is 0 Å². The van der Waals surface area contributed by atoms with Crippen molar-refractivity contribution in [3.05, 3.63) is 24.3 Å². The Kier molecular flexibility index (Phi) is 9.60. The summed E-state index contributed by atoms with van der Waals surface area (Å²) in [5.41, 5.74) is 0. The van der Waals surface area contributed by atoms with Crippen LogP contribution in [0.1, 0.15) is 46.5 Å². The summed E-state index contributed by atoms with van der Waals surface area (Å²) in [7, 11) is 0. The molecule has 0 aliphatic heterocycles. The fourth-order valence-electron chi connectivity index (χ4n) is 1.26. The molecule has 0 aromatic rings. The Balaban J connectivity index is 3.60. The molecule has 87 valence electrons. The lowest BCUT2D eigenvalue weighted by Gasteiger charge is -2.03. The quantitative estimate of drug-likeness (QED) is 0.417. The molecule has 1 heteroatoms. The molecule has 0 bridgehead atoms. The van der Waals surface area contributed by atoms with Crippen molar-refractivity contribution in [3.8, 4) is 0 Å². The van der Waals surface area contributed by atoms with Crippen molar-refractivity contribution >= 4 is 0 Å². The van der Waals surface area contributed by atoms with Crippen LogP contribution in [-0.2, 0) is 5.11 Å². The predicted molar refractivity (Wildman–Crippen MR) is 66.3 cm³/mol. The number of hydrogen-bond donors (Lipinski definition) is 0. The van der Waals surface area contributed by atoms with Gasteiger partial charge in [-0.15, -0.1) is 0 Å². The summed E-state index contributed by atoms with van der Waals surface area (Å²) in [6.07, 6.45) is 13.6. The summed E-state index contributed by atoms with van der Waals surface area (Å²) >= 11 is 0. The molecule has 0 heterocycles. The number of rotatable bonds is 8. The van der Waals surface area contributed by atoms with E-state index in [9.17, 15) is 5.11 Å². The van der Waals surface area contributed by atoms with Crippen LogP contribution in [-0.4, -0.2) is 6.61 Å². The second-order valence-corrected chi connectivity index (χ2v) is 4.36. The molecule has 1 radical (unpaired) electrons.